The fourth-order valence-electron chi connectivity index (χ4n) is 2.00. The normalized spacial score (nSPS) is 13.6. The second-order valence-electron chi connectivity index (χ2n) is 4.76. The fraction of sp³-hybridized carbons (Fsp3) is 0.267. The van der Waals surface area contributed by atoms with Gasteiger partial charge in [-0.1, -0.05) is 24.3 Å². The van der Waals surface area contributed by atoms with E-state index >= 15 is 0 Å². The Labute approximate surface area is 130 Å². The third kappa shape index (κ3) is 4.26. The molecule has 1 amide bonds. The number of nitrogens with zero attached hydrogens (tertiary/aromatic N) is 2. The van der Waals surface area contributed by atoms with Gasteiger partial charge in [-0.2, -0.15) is 8.78 Å². The minimum atomic E-state index is -3.27. The number of benzene rings is 1. The molecule has 0 spiro atoms. The molecule has 0 saturated carbocycles. The topological polar surface area (TPSA) is 75.1 Å². The molecule has 0 saturated heterocycles. The van der Waals surface area contributed by atoms with E-state index in [2.05, 4.69) is 9.97 Å². The summed E-state index contributed by atoms with van der Waals surface area (Å²) >= 11 is 0. The van der Waals surface area contributed by atoms with Gasteiger partial charge in [0.2, 0.25) is 0 Å². The Hall–Kier alpha value is -2.48. The molecule has 0 aliphatic carbocycles. The van der Waals surface area contributed by atoms with Gasteiger partial charge >= 0.3 is 6.43 Å². The van der Waals surface area contributed by atoms with Crippen LogP contribution in [0.5, 0.6) is 0 Å². The minimum absolute atomic E-state index is 0.294. The quantitative estimate of drug-likeness (QED) is 0.850. The largest absolute Gasteiger partial charge is 0.386 e. The molecule has 0 radical (unpaired) electrons. The van der Waals surface area contributed by atoms with Crippen molar-refractivity contribution in [3.05, 3.63) is 48.5 Å². The van der Waals surface area contributed by atoms with Gasteiger partial charge in [0.1, 0.15) is 19.1 Å². The minimum Gasteiger partial charge on any atom is -0.386 e. The number of carbonyl (C=O) groups excluding carboxylic acids is 1. The fourth-order valence-corrected chi connectivity index (χ4v) is 2.00. The van der Waals surface area contributed by atoms with Crippen LogP contribution < -0.4 is 5.32 Å². The van der Waals surface area contributed by atoms with E-state index in [1.807, 2.05) is 0 Å². The molecule has 5 nitrogen and oxygen atoms in total. The van der Waals surface area contributed by atoms with E-state index in [0.29, 0.717) is 5.56 Å². The molecule has 2 N–H and O–H groups in total. The van der Waals surface area contributed by atoms with Crippen molar-refractivity contribution in [3.63, 3.8) is 0 Å². The SMILES string of the molecule is O=C(NC(CF)C(O)c1ccc(-c2cncnc2)cc1)C(F)F. The van der Waals surface area contributed by atoms with Crippen LogP contribution in [0.4, 0.5) is 13.2 Å². The number of amides is 1. The van der Waals surface area contributed by atoms with Crippen LogP contribution in [0.3, 0.4) is 0 Å². The molecule has 0 aliphatic rings. The van der Waals surface area contributed by atoms with Crippen molar-refractivity contribution in [2.45, 2.75) is 18.6 Å². The summed E-state index contributed by atoms with van der Waals surface area (Å²) in [5.74, 6) is -1.62. The number of aliphatic hydroxyl groups excluding tert-OH is 1. The molecule has 2 aromatic rings. The maximum atomic E-state index is 12.9. The molecule has 2 atom stereocenters. The molecular weight excluding hydrogens is 311 g/mol. The van der Waals surface area contributed by atoms with Crippen LogP contribution in [0.15, 0.2) is 43.0 Å². The zero-order valence-corrected chi connectivity index (χ0v) is 11.9. The summed E-state index contributed by atoms with van der Waals surface area (Å²) < 4.78 is 37.3. The molecule has 1 aromatic carbocycles. The maximum Gasteiger partial charge on any atom is 0.315 e. The van der Waals surface area contributed by atoms with E-state index in [1.54, 1.807) is 29.8 Å². The van der Waals surface area contributed by atoms with Crippen LogP contribution in [0, 0.1) is 0 Å². The van der Waals surface area contributed by atoms with Gasteiger partial charge in [0.25, 0.3) is 5.91 Å². The Kier molecular flexibility index (Phi) is 5.64. The third-order valence-electron chi connectivity index (χ3n) is 3.22. The average Bonchev–Trinajstić information content (AvgIpc) is 2.59. The summed E-state index contributed by atoms with van der Waals surface area (Å²) in [6.45, 7) is -1.17. The maximum absolute atomic E-state index is 12.9. The number of carbonyl (C=O) groups is 1. The van der Waals surface area contributed by atoms with E-state index in [0.717, 1.165) is 11.1 Å². The van der Waals surface area contributed by atoms with Crippen molar-refractivity contribution < 1.29 is 23.1 Å². The number of alkyl halides is 3. The summed E-state index contributed by atoms with van der Waals surface area (Å²) in [7, 11) is 0. The standard InChI is InChI=1S/C15H14F3N3O2/c16-5-12(21-15(23)14(17)18)13(22)10-3-1-9(2-4-10)11-6-19-8-20-7-11/h1-4,6-8,12-14,22H,5H2,(H,21,23). The number of hydrogen-bond acceptors (Lipinski definition) is 4. The molecule has 2 rings (SSSR count). The van der Waals surface area contributed by atoms with Crippen LogP contribution >= 0.6 is 0 Å². The van der Waals surface area contributed by atoms with Gasteiger partial charge < -0.3 is 10.4 Å². The highest BCUT2D eigenvalue weighted by molar-refractivity contribution is 5.79. The van der Waals surface area contributed by atoms with E-state index in [9.17, 15) is 23.1 Å². The number of nitrogens with one attached hydrogen (secondary N) is 1. The highest BCUT2D eigenvalue weighted by Crippen LogP contribution is 2.23. The molecule has 0 fully saturated rings. The number of aliphatic hydroxyl groups is 1. The zero-order valence-electron chi connectivity index (χ0n) is 11.9. The van der Waals surface area contributed by atoms with Crippen molar-refractivity contribution in [1.82, 2.24) is 15.3 Å². The van der Waals surface area contributed by atoms with E-state index in [1.165, 1.54) is 18.5 Å². The zero-order chi connectivity index (χ0) is 16.8. The smallest absolute Gasteiger partial charge is 0.315 e. The molecule has 0 bridgehead atoms. The van der Waals surface area contributed by atoms with Gasteiger partial charge in [-0.25, -0.2) is 14.4 Å². The van der Waals surface area contributed by atoms with Crippen molar-refractivity contribution in [2.24, 2.45) is 0 Å². The second kappa shape index (κ2) is 7.68. The van der Waals surface area contributed by atoms with Crippen LogP contribution in [0.1, 0.15) is 11.7 Å². The molecule has 23 heavy (non-hydrogen) atoms. The summed E-state index contributed by atoms with van der Waals surface area (Å²) in [4.78, 5) is 18.7. The Balaban J connectivity index is 2.12. The van der Waals surface area contributed by atoms with Gasteiger partial charge in [-0.05, 0) is 11.1 Å². The lowest BCUT2D eigenvalue weighted by Gasteiger charge is -2.21. The van der Waals surface area contributed by atoms with E-state index in [4.69, 9.17) is 0 Å². The van der Waals surface area contributed by atoms with Crippen molar-refractivity contribution in [3.8, 4) is 11.1 Å². The van der Waals surface area contributed by atoms with Gasteiger partial charge in [-0.3, -0.25) is 4.79 Å². The van der Waals surface area contributed by atoms with Gasteiger partial charge in [-0.15, -0.1) is 0 Å². The Bertz CT molecular complexity index is 638. The predicted molar refractivity (Wildman–Crippen MR) is 76.3 cm³/mol. The van der Waals surface area contributed by atoms with Gasteiger partial charge in [0.05, 0.1) is 6.04 Å². The first-order valence-corrected chi connectivity index (χ1v) is 6.71. The first-order chi connectivity index (χ1) is 11.0. The molecule has 8 heteroatoms. The van der Waals surface area contributed by atoms with E-state index in [-0.39, 0.29) is 0 Å². The molecule has 1 aromatic heterocycles. The first kappa shape index (κ1) is 16.9. The lowest BCUT2D eigenvalue weighted by Crippen LogP contribution is -2.43. The van der Waals surface area contributed by atoms with Crippen LogP contribution in [0.2, 0.25) is 0 Å². The van der Waals surface area contributed by atoms with Crippen molar-refractivity contribution >= 4 is 5.91 Å². The highest BCUT2D eigenvalue weighted by atomic mass is 19.3. The van der Waals surface area contributed by atoms with Crippen LogP contribution in [-0.2, 0) is 4.79 Å². The van der Waals surface area contributed by atoms with E-state index < -0.39 is 31.2 Å². The lowest BCUT2D eigenvalue weighted by atomic mass is 10.00. The highest BCUT2D eigenvalue weighted by Gasteiger charge is 2.26. The summed E-state index contributed by atoms with van der Waals surface area (Å²) in [5, 5.41) is 11.8. The molecule has 2 unspecified atom stereocenters. The monoisotopic (exact) mass is 325 g/mol. The van der Waals surface area contributed by atoms with Crippen LogP contribution in [-0.4, -0.2) is 40.1 Å². The summed E-state index contributed by atoms with van der Waals surface area (Å²) in [6.07, 6.45) is -0.114. The Morgan fingerprint density at radius 3 is 2.26 bits per heavy atom. The van der Waals surface area contributed by atoms with Gasteiger partial charge in [0, 0.05) is 18.0 Å². The number of rotatable bonds is 6. The lowest BCUT2D eigenvalue weighted by molar-refractivity contribution is -0.133. The molecular formula is C15H14F3N3O2. The number of aromatic nitrogens is 2. The predicted octanol–water partition coefficient (Wildman–Crippen LogP) is 1.90. The third-order valence-corrected chi connectivity index (χ3v) is 3.22. The number of hydrogen-bond donors (Lipinski definition) is 2. The average molecular weight is 325 g/mol. The first-order valence-electron chi connectivity index (χ1n) is 6.71. The van der Waals surface area contributed by atoms with Crippen molar-refractivity contribution in [1.29, 1.82) is 0 Å². The number of halogens is 3. The summed E-state index contributed by atoms with van der Waals surface area (Å²) in [6, 6.07) is 4.90. The van der Waals surface area contributed by atoms with Crippen molar-refractivity contribution in [2.75, 3.05) is 6.67 Å². The van der Waals surface area contributed by atoms with Crippen LogP contribution in [0.25, 0.3) is 11.1 Å². The second-order valence-corrected chi connectivity index (χ2v) is 4.76. The molecule has 1 heterocycles. The Morgan fingerprint density at radius 2 is 1.74 bits per heavy atom. The van der Waals surface area contributed by atoms with Gasteiger partial charge in [0.15, 0.2) is 0 Å². The summed E-state index contributed by atoms with van der Waals surface area (Å²) in [5.41, 5.74) is 1.82. The molecule has 122 valence electrons. The Morgan fingerprint density at radius 1 is 1.13 bits per heavy atom. The molecule has 0 aliphatic heterocycles.